The van der Waals surface area contributed by atoms with Gasteiger partial charge in [0, 0.05) is 22.9 Å². The second-order valence-electron chi connectivity index (χ2n) is 4.31. The summed E-state index contributed by atoms with van der Waals surface area (Å²) in [6.45, 7) is 1.91. The van der Waals surface area contributed by atoms with Crippen molar-refractivity contribution in [2.45, 2.75) is 32.0 Å². The summed E-state index contributed by atoms with van der Waals surface area (Å²) >= 11 is 6.06. The van der Waals surface area contributed by atoms with Gasteiger partial charge in [0.2, 0.25) is 0 Å². The fourth-order valence-corrected chi connectivity index (χ4v) is 2.20. The molecule has 1 aliphatic heterocycles. The molecular formula is C13H18ClNO2. The summed E-state index contributed by atoms with van der Waals surface area (Å²) in [7, 11) is 0. The zero-order valence-electron chi connectivity index (χ0n) is 9.82. The zero-order chi connectivity index (χ0) is 12.1. The van der Waals surface area contributed by atoms with E-state index in [1.807, 2.05) is 18.2 Å². The van der Waals surface area contributed by atoms with E-state index in [1.54, 1.807) is 0 Å². The lowest BCUT2D eigenvalue weighted by Gasteiger charge is -2.22. The first kappa shape index (κ1) is 12.7. The van der Waals surface area contributed by atoms with Crippen molar-refractivity contribution >= 4 is 17.3 Å². The van der Waals surface area contributed by atoms with Gasteiger partial charge in [0.1, 0.15) is 0 Å². The average molecular weight is 256 g/mol. The number of nitrogen functional groups attached to an aromatic ring is 1. The Morgan fingerprint density at radius 1 is 1.41 bits per heavy atom. The van der Waals surface area contributed by atoms with Crippen molar-refractivity contribution in [1.29, 1.82) is 0 Å². The van der Waals surface area contributed by atoms with Gasteiger partial charge in [-0.05, 0) is 31.4 Å². The number of rotatable bonds is 4. The van der Waals surface area contributed by atoms with Crippen LogP contribution >= 0.6 is 11.6 Å². The first-order valence-corrected chi connectivity index (χ1v) is 6.37. The molecule has 17 heavy (non-hydrogen) atoms. The van der Waals surface area contributed by atoms with Crippen molar-refractivity contribution < 1.29 is 9.47 Å². The second kappa shape index (κ2) is 6.24. The quantitative estimate of drug-likeness (QED) is 0.842. The number of halogens is 1. The molecule has 1 aromatic carbocycles. The van der Waals surface area contributed by atoms with Crippen LogP contribution in [0.3, 0.4) is 0 Å². The average Bonchev–Trinajstić information content (AvgIpc) is 2.34. The standard InChI is InChI=1S/C13H18ClNO2/c14-12-5-3-6-13(15)11(12)9-16-8-10-4-1-2-7-17-10/h3,5-6,10H,1-2,4,7-9,15H2. The molecule has 0 bridgehead atoms. The Balaban J connectivity index is 1.81. The molecule has 0 aliphatic carbocycles. The van der Waals surface area contributed by atoms with E-state index in [1.165, 1.54) is 6.42 Å². The Morgan fingerprint density at radius 3 is 3.00 bits per heavy atom. The molecule has 0 aromatic heterocycles. The highest BCUT2D eigenvalue weighted by atomic mass is 35.5. The highest BCUT2D eigenvalue weighted by Crippen LogP contribution is 2.23. The van der Waals surface area contributed by atoms with Gasteiger partial charge in [-0.2, -0.15) is 0 Å². The summed E-state index contributed by atoms with van der Waals surface area (Å²) in [5, 5.41) is 0.662. The summed E-state index contributed by atoms with van der Waals surface area (Å²) in [4.78, 5) is 0. The predicted octanol–water partition coefficient (Wildman–Crippen LogP) is 3.01. The molecule has 0 amide bonds. The van der Waals surface area contributed by atoms with Crippen LogP contribution in [0.5, 0.6) is 0 Å². The summed E-state index contributed by atoms with van der Waals surface area (Å²) < 4.78 is 11.2. The van der Waals surface area contributed by atoms with E-state index in [9.17, 15) is 0 Å². The van der Waals surface area contributed by atoms with Gasteiger partial charge in [0.25, 0.3) is 0 Å². The monoisotopic (exact) mass is 255 g/mol. The lowest BCUT2D eigenvalue weighted by molar-refractivity contribution is -0.0446. The summed E-state index contributed by atoms with van der Waals surface area (Å²) in [5.74, 6) is 0. The number of anilines is 1. The third-order valence-corrected chi connectivity index (χ3v) is 3.33. The normalized spacial score (nSPS) is 20.4. The minimum Gasteiger partial charge on any atom is -0.398 e. The summed E-state index contributed by atoms with van der Waals surface area (Å²) in [6.07, 6.45) is 3.70. The Morgan fingerprint density at radius 2 is 2.29 bits per heavy atom. The second-order valence-corrected chi connectivity index (χ2v) is 4.72. The van der Waals surface area contributed by atoms with Crippen molar-refractivity contribution in [1.82, 2.24) is 0 Å². The molecule has 3 nitrogen and oxygen atoms in total. The third-order valence-electron chi connectivity index (χ3n) is 2.98. The lowest BCUT2D eigenvalue weighted by atomic mass is 10.1. The molecule has 1 atom stereocenters. The van der Waals surface area contributed by atoms with E-state index in [0.717, 1.165) is 25.0 Å². The first-order valence-electron chi connectivity index (χ1n) is 5.99. The topological polar surface area (TPSA) is 44.5 Å². The molecule has 1 unspecified atom stereocenters. The molecule has 2 N–H and O–H groups in total. The SMILES string of the molecule is Nc1cccc(Cl)c1COCC1CCCCO1. The molecule has 94 valence electrons. The molecule has 2 rings (SSSR count). The van der Waals surface area contributed by atoms with E-state index in [0.29, 0.717) is 23.9 Å². The fourth-order valence-electron chi connectivity index (χ4n) is 1.96. The number of ether oxygens (including phenoxy) is 2. The maximum absolute atomic E-state index is 6.06. The van der Waals surface area contributed by atoms with Gasteiger partial charge >= 0.3 is 0 Å². The first-order chi connectivity index (χ1) is 8.27. The van der Waals surface area contributed by atoms with Crippen molar-refractivity contribution in [2.75, 3.05) is 18.9 Å². The summed E-state index contributed by atoms with van der Waals surface area (Å²) in [5.41, 5.74) is 7.39. The molecule has 1 fully saturated rings. The van der Waals surface area contributed by atoms with Crippen LogP contribution in [-0.2, 0) is 16.1 Å². The lowest BCUT2D eigenvalue weighted by Crippen LogP contribution is -2.24. The predicted molar refractivity (Wildman–Crippen MR) is 69.1 cm³/mol. The van der Waals surface area contributed by atoms with Crippen LogP contribution in [0.2, 0.25) is 5.02 Å². The van der Waals surface area contributed by atoms with Gasteiger partial charge in [-0.25, -0.2) is 0 Å². The van der Waals surface area contributed by atoms with Gasteiger partial charge in [0.05, 0.1) is 19.3 Å². The highest BCUT2D eigenvalue weighted by Gasteiger charge is 2.14. The van der Waals surface area contributed by atoms with Crippen molar-refractivity contribution in [2.24, 2.45) is 0 Å². The molecular weight excluding hydrogens is 238 g/mol. The fraction of sp³-hybridized carbons (Fsp3) is 0.538. The Bertz CT molecular complexity index is 344. The van der Waals surface area contributed by atoms with Crippen LogP contribution in [0.25, 0.3) is 0 Å². The van der Waals surface area contributed by atoms with E-state index >= 15 is 0 Å². The minimum absolute atomic E-state index is 0.229. The van der Waals surface area contributed by atoms with Gasteiger partial charge < -0.3 is 15.2 Å². The highest BCUT2D eigenvalue weighted by molar-refractivity contribution is 6.31. The maximum atomic E-state index is 6.06. The molecule has 0 saturated carbocycles. The van der Waals surface area contributed by atoms with Crippen LogP contribution in [0.4, 0.5) is 5.69 Å². The molecule has 1 saturated heterocycles. The van der Waals surface area contributed by atoms with Gasteiger partial charge in [-0.15, -0.1) is 0 Å². The number of hydrogen-bond donors (Lipinski definition) is 1. The van der Waals surface area contributed by atoms with Crippen molar-refractivity contribution in [3.8, 4) is 0 Å². The molecule has 1 heterocycles. The summed E-state index contributed by atoms with van der Waals surface area (Å²) in [6, 6.07) is 5.50. The Labute approximate surface area is 107 Å². The van der Waals surface area contributed by atoms with Crippen molar-refractivity contribution in [3.63, 3.8) is 0 Å². The van der Waals surface area contributed by atoms with Crippen molar-refractivity contribution in [3.05, 3.63) is 28.8 Å². The molecule has 4 heteroatoms. The zero-order valence-corrected chi connectivity index (χ0v) is 10.6. The molecule has 1 aliphatic rings. The smallest absolute Gasteiger partial charge is 0.0808 e. The van der Waals surface area contributed by atoms with E-state index < -0.39 is 0 Å². The van der Waals surface area contributed by atoms with Gasteiger partial charge in [-0.1, -0.05) is 17.7 Å². The van der Waals surface area contributed by atoms with Crippen LogP contribution in [0, 0.1) is 0 Å². The minimum atomic E-state index is 0.229. The Hall–Kier alpha value is -0.770. The van der Waals surface area contributed by atoms with Gasteiger partial charge in [-0.3, -0.25) is 0 Å². The maximum Gasteiger partial charge on any atom is 0.0808 e. The van der Waals surface area contributed by atoms with E-state index in [2.05, 4.69) is 0 Å². The number of nitrogens with two attached hydrogens (primary N) is 1. The van der Waals surface area contributed by atoms with Crippen LogP contribution in [0.1, 0.15) is 24.8 Å². The molecule has 1 aromatic rings. The molecule has 0 spiro atoms. The van der Waals surface area contributed by atoms with Crippen LogP contribution in [0.15, 0.2) is 18.2 Å². The van der Waals surface area contributed by atoms with Gasteiger partial charge in [0.15, 0.2) is 0 Å². The van der Waals surface area contributed by atoms with Crippen LogP contribution in [-0.4, -0.2) is 19.3 Å². The van der Waals surface area contributed by atoms with E-state index in [4.69, 9.17) is 26.8 Å². The Kier molecular flexibility index (Phi) is 4.66. The third kappa shape index (κ3) is 3.60. The molecule has 0 radical (unpaired) electrons. The van der Waals surface area contributed by atoms with E-state index in [-0.39, 0.29) is 6.10 Å². The number of benzene rings is 1. The largest absolute Gasteiger partial charge is 0.398 e. The van der Waals surface area contributed by atoms with Crippen LogP contribution < -0.4 is 5.73 Å². The number of hydrogen-bond acceptors (Lipinski definition) is 3.